The number of hydrogen-bond acceptors (Lipinski definition) is 4. The average molecular weight is 567 g/mol. The second-order valence-corrected chi connectivity index (χ2v) is 6.67. The van der Waals surface area contributed by atoms with Crippen LogP contribution in [0.1, 0.15) is 23.6 Å². The summed E-state index contributed by atoms with van der Waals surface area (Å²) < 4.78 is 52.0. The highest BCUT2D eigenvalue weighted by molar-refractivity contribution is 14.0. The normalized spacial score (nSPS) is 11.5. The molecule has 0 radical (unpaired) electrons. The van der Waals surface area contributed by atoms with E-state index in [1.807, 2.05) is 31.2 Å². The summed E-state index contributed by atoms with van der Waals surface area (Å²) >= 11 is 0. The Labute approximate surface area is 203 Å². The van der Waals surface area contributed by atoms with Crippen LogP contribution in [-0.4, -0.2) is 39.5 Å². The Bertz CT molecular complexity index is 864. The number of guanidine groups is 1. The third-order valence-electron chi connectivity index (χ3n) is 4.20. The molecule has 0 saturated heterocycles. The van der Waals surface area contributed by atoms with Crippen molar-refractivity contribution in [1.29, 1.82) is 0 Å². The van der Waals surface area contributed by atoms with Gasteiger partial charge in [0.05, 0.1) is 27.4 Å². The highest BCUT2D eigenvalue weighted by atomic mass is 127. The van der Waals surface area contributed by atoms with E-state index in [-0.39, 0.29) is 30.6 Å². The molecule has 2 rings (SSSR count). The van der Waals surface area contributed by atoms with Crippen molar-refractivity contribution in [3.05, 3.63) is 59.2 Å². The van der Waals surface area contributed by atoms with Crippen LogP contribution < -0.4 is 20.1 Å². The van der Waals surface area contributed by atoms with E-state index < -0.39 is 12.8 Å². The molecule has 2 aromatic carbocycles. The fraction of sp³-hybridized carbons (Fsp3) is 0.409. The number of benzene rings is 2. The van der Waals surface area contributed by atoms with E-state index in [9.17, 15) is 13.2 Å². The first-order valence-electron chi connectivity index (χ1n) is 9.80. The van der Waals surface area contributed by atoms with Gasteiger partial charge in [0, 0.05) is 13.1 Å². The minimum Gasteiger partial charge on any atom is -0.493 e. The van der Waals surface area contributed by atoms with Crippen molar-refractivity contribution >= 4 is 29.9 Å². The smallest absolute Gasteiger partial charge is 0.411 e. The minimum absolute atomic E-state index is 0. The van der Waals surface area contributed by atoms with Crippen LogP contribution in [0.4, 0.5) is 13.2 Å². The summed E-state index contributed by atoms with van der Waals surface area (Å²) in [7, 11) is 3.17. The fourth-order valence-electron chi connectivity index (χ4n) is 2.79. The lowest BCUT2D eigenvalue weighted by Crippen LogP contribution is -2.36. The lowest BCUT2D eigenvalue weighted by Gasteiger charge is -2.13. The average Bonchev–Trinajstić information content (AvgIpc) is 2.75. The number of alkyl halides is 3. The number of hydrogen-bond donors (Lipinski definition) is 2. The summed E-state index contributed by atoms with van der Waals surface area (Å²) in [5, 5.41) is 6.43. The third-order valence-corrected chi connectivity index (χ3v) is 4.20. The molecule has 2 N–H and O–H groups in total. The molecule has 32 heavy (non-hydrogen) atoms. The SMILES string of the molecule is CCNC(=NCc1cccc(COCC(F)(F)F)c1)NCc1ccc(OC)c(OC)c1.I. The van der Waals surface area contributed by atoms with Crippen LogP contribution in [0.15, 0.2) is 47.5 Å². The maximum Gasteiger partial charge on any atom is 0.411 e. The van der Waals surface area contributed by atoms with Crippen molar-refractivity contribution in [3.8, 4) is 11.5 Å². The molecule has 0 aliphatic heterocycles. The van der Waals surface area contributed by atoms with Gasteiger partial charge < -0.3 is 24.8 Å². The minimum atomic E-state index is -4.33. The van der Waals surface area contributed by atoms with Crippen molar-refractivity contribution < 1.29 is 27.4 Å². The quantitative estimate of drug-likeness (QED) is 0.249. The van der Waals surface area contributed by atoms with Gasteiger partial charge in [-0.2, -0.15) is 13.2 Å². The molecule has 6 nitrogen and oxygen atoms in total. The standard InChI is InChI=1S/C22H28F3N3O3.HI/c1-4-26-21(28-13-17-8-9-19(29-2)20(11-17)30-3)27-12-16-6-5-7-18(10-16)14-31-15-22(23,24)25;/h5-11H,4,12-15H2,1-3H3,(H2,26,27,28);1H. The Kier molecular flexibility index (Phi) is 12.2. The molecule has 0 unspecified atom stereocenters. The van der Waals surface area contributed by atoms with Gasteiger partial charge in [0.1, 0.15) is 6.61 Å². The van der Waals surface area contributed by atoms with Gasteiger partial charge in [-0.15, -0.1) is 24.0 Å². The molecule has 0 bridgehead atoms. The van der Waals surface area contributed by atoms with Gasteiger partial charge in [-0.1, -0.05) is 30.3 Å². The van der Waals surface area contributed by atoms with E-state index >= 15 is 0 Å². The highest BCUT2D eigenvalue weighted by Crippen LogP contribution is 2.27. The largest absolute Gasteiger partial charge is 0.493 e. The molecule has 0 saturated carbocycles. The zero-order valence-corrected chi connectivity index (χ0v) is 20.6. The van der Waals surface area contributed by atoms with E-state index in [0.717, 1.165) is 11.1 Å². The maximum atomic E-state index is 12.2. The number of ether oxygens (including phenoxy) is 3. The molecule has 0 fully saturated rings. The van der Waals surface area contributed by atoms with E-state index in [4.69, 9.17) is 14.2 Å². The first kappa shape index (κ1) is 27.8. The van der Waals surface area contributed by atoms with Gasteiger partial charge in [0.25, 0.3) is 0 Å². The Morgan fingerprint density at radius 1 is 0.938 bits per heavy atom. The number of nitrogens with one attached hydrogen (secondary N) is 2. The van der Waals surface area contributed by atoms with Gasteiger partial charge in [0.2, 0.25) is 0 Å². The van der Waals surface area contributed by atoms with Crippen molar-refractivity contribution in [2.24, 2.45) is 4.99 Å². The van der Waals surface area contributed by atoms with Gasteiger partial charge in [-0.3, -0.25) is 0 Å². The lowest BCUT2D eigenvalue weighted by atomic mass is 10.1. The Morgan fingerprint density at radius 2 is 1.66 bits per heavy atom. The third kappa shape index (κ3) is 9.94. The van der Waals surface area contributed by atoms with Crippen LogP contribution in [0.25, 0.3) is 0 Å². The molecule has 0 aliphatic rings. The van der Waals surface area contributed by atoms with E-state index in [2.05, 4.69) is 15.6 Å². The van der Waals surface area contributed by atoms with E-state index in [1.165, 1.54) is 0 Å². The van der Waals surface area contributed by atoms with Crippen molar-refractivity contribution in [2.75, 3.05) is 27.4 Å². The molecule has 0 heterocycles. The molecule has 0 atom stereocenters. The zero-order valence-electron chi connectivity index (χ0n) is 18.3. The van der Waals surface area contributed by atoms with Crippen LogP contribution in [-0.2, 0) is 24.4 Å². The Balaban J connectivity index is 0.00000512. The number of methoxy groups -OCH3 is 2. The number of nitrogens with zero attached hydrogens (tertiary/aromatic N) is 1. The first-order chi connectivity index (χ1) is 14.8. The van der Waals surface area contributed by atoms with Gasteiger partial charge in [-0.25, -0.2) is 4.99 Å². The molecule has 10 heteroatoms. The number of aliphatic imine (C=N–C) groups is 1. The monoisotopic (exact) mass is 567 g/mol. The van der Waals surface area contributed by atoms with E-state index in [1.54, 1.807) is 32.4 Å². The van der Waals surface area contributed by atoms with Gasteiger partial charge in [-0.05, 0) is 35.7 Å². The topological polar surface area (TPSA) is 64.1 Å². The van der Waals surface area contributed by atoms with Gasteiger partial charge in [0.15, 0.2) is 17.5 Å². The summed E-state index contributed by atoms with van der Waals surface area (Å²) in [6.07, 6.45) is -4.33. The second-order valence-electron chi connectivity index (χ2n) is 6.67. The lowest BCUT2D eigenvalue weighted by molar-refractivity contribution is -0.176. The van der Waals surface area contributed by atoms with Crippen LogP contribution in [0, 0.1) is 0 Å². The summed E-state index contributed by atoms with van der Waals surface area (Å²) in [5.74, 6) is 1.93. The van der Waals surface area contributed by atoms with Crippen LogP contribution >= 0.6 is 24.0 Å². The molecule has 178 valence electrons. The Hall–Kier alpha value is -2.21. The van der Waals surface area contributed by atoms with Crippen LogP contribution in [0.5, 0.6) is 11.5 Å². The summed E-state index contributed by atoms with van der Waals surface area (Å²) in [4.78, 5) is 4.55. The molecule has 0 aliphatic carbocycles. The first-order valence-corrected chi connectivity index (χ1v) is 9.80. The van der Waals surface area contributed by atoms with Crippen LogP contribution in [0.3, 0.4) is 0 Å². The van der Waals surface area contributed by atoms with Crippen molar-refractivity contribution in [3.63, 3.8) is 0 Å². The van der Waals surface area contributed by atoms with Crippen molar-refractivity contribution in [2.45, 2.75) is 32.8 Å². The maximum absolute atomic E-state index is 12.2. The highest BCUT2D eigenvalue weighted by Gasteiger charge is 2.27. The second kappa shape index (κ2) is 14.0. The molecular weight excluding hydrogens is 538 g/mol. The fourth-order valence-corrected chi connectivity index (χ4v) is 2.79. The molecular formula is C22H29F3IN3O3. The van der Waals surface area contributed by atoms with Crippen molar-refractivity contribution in [1.82, 2.24) is 10.6 Å². The summed E-state index contributed by atoms with van der Waals surface area (Å²) in [6, 6.07) is 12.8. The molecule has 2 aromatic rings. The van der Waals surface area contributed by atoms with Crippen LogP contribution in [0.2, 0.25) is 0 Å². The molecule has 0 aromatic heterocycles. The molecule has 0 amide bonds. The summed E-state index contributed by atoms with van der Waals surface area (Å²) in [6.45, 7) is 2.18. The zero-order chi connectivity index (χ0) is 22.7. The van der Waals surface area contributed by atoms with E-state index in [0.29, 0.717) is 42.7 Å². The predicted molar refractivity (Wildman–Crippen MR) is 129 cm³/mol. The number of halogens is 4. The Morgan fingerprint density at radius 3 is 2.31 bits per heavy atom. The predicted octanol–water partition coefficient (Wildman–Crippen LogP) is 4.66. The van der Waals surface area contributed by atoms with Gasteiger partial charge >= 0.3 is 6.18 Å². The summed E-state index contributed by atoms with van der Waals surface area (Å²) in [5.41, 5.74) is 2.53. The number of rotatable bonds is 10. The molecule has 0 spiro atoms.